The molecule has 0 saturated heterocycles. The fraction of sp³-hybridized carbons (Fsp3) is 0.300. The molecule has 0 saturated carbocycles. The van der Waals surface area contributed by atoms with E-state index in [0.717, 1.165) is 17.5 Å². The second-order valence-electron chi connectivity index (χ2n) is 5.99. The Balaban J connectivity index is 1.95. The van der Waals surface area contributed by atoms with Crippen molar-refractivity contribution in [2.24, 2.45) is 16.0 Å². The molecule has 0 aliphatic rings. The summed E-state index contributed by atoms with van der Waals surface area (Å²) in [5.41, 5.74) is 5.22. The number of hydrogen-bond acceptors (Lipinski definition) is 6. The van der Waals surface area contributed by atoms with E-state index in [1.807, 2.05) is 36.4 Å². The van der Waals surface area contributed by atoms with Gasteiger partial charge in [0.05, 0.1) is 6.54 Å². The molecule has 1 atom stereocenters. The number of hydrogen-bond donors (Lipinski definition) is 2. The van der Waals surface area contributed by atoms with Crippen molar-refractivity contribution >= 4 is 11.9 Å². The SMILES string of the molecule is NC[C@@](N=NCCCc1ccccc1)(C(=O)O)C(=O)OCc1ccccc1. The van der Waals surface area contributed by atoms with Crippen LogP contribution in [0.25, 0.3) is 0 Å². The van der Waals surface area contributed by atoms with Crippen LogP contribution in [0.15, 0.2) is 70.9 Å². The zero-order valence-electron chi connectivity index (χ0n) is 15.0. The lowest BCUT2D eigenvalue weighted by Crippen LogP contribution is -2.51. The minimum Gasteiger partial charge on any atom is -0.479 e. The monoisotopic (exact) mass is 369 g/mol. The first-order valence-electron chi connectivity index (χ1n) is 8.65. The first-order chi connectivity index (χ1) is 13.1. The molecular weight excluding hydrogens is 346 g/mol. The number of aryl methyl sites for hydroxylation is 1. The Morgan fingerprint density at radius 1 is 1.00 bits per heavy atom. The molecule has 0 aromatic heterocycles. The second-order valence-corrected chi connectivity index (χ2v) is 5.99. The highest BCUT2D eigenvalue weighted by Gasteiger charge is 2.48. The molecule has 0 amide bonds. The predicted molar refractivity (Wildman–Crippen MR) is 100 cm³/mol. The number of carboxylic acid groups (broad SMARTS) is 1. The number of rotatable bonds is 10. The van der Waals surface area contributed by atoms with Crippen LogP contribution in [0.5, 0.6) is 0 Å². The highest BCUT2D eigenvalue weighted by atomic mass is 16.5. The van der Waals surface area contributed by atoms with Crippen LogP contribution in [0, 0.1) is 0 Å². The first-order valence-corrected chi connectivity index (χ1v) is 8.65. The van der Waals surface area contributed by atoms with Gasteiger partial charge in [0.1, 0.15) is 6.61 Å². The zero-order chi connectivity index (χ0) is 19.5. The summed E-state index contributed by atoms with van der Waals surface area (Å²) < 4.78 is 5.12. The molecule has 0 radical (unpaired) electrons. The van der Waals surface area contributed by atoms with E-state index in [0.29, 0.717) is 6.42 Å². The summed E-state index contributed by atoms with van der Waals surface area (Å²) in [7, 11) is 0. The zero-order valence-corrected chi connectivity index (χ0v) is 15.0. The number of ether oxygens (including phenoxy) is 1. The summed E-state index contributed by atoms with van der Waals surface area (Å²) >= 11 is 0. The number of nitrogens with zero attached hydrogens (tertiary/aromatic N) is 2. The highest BCUT2D eigenvalue weighted by molar-refractivity contribution is 6.04. The number of carboxylic acids is 1. The van der Waals surface area contributed by atoms with Crippen LogP contribution < -0.4 is 5.73 Å². The number of azo groups is 1. The molecule has 0 heterocycles. The van der Waals surface area contributed by atoms with Gasteiger partial charge in [-0.25, -0.2) is 9.59 Å². The summed E-state index contributed by atoms with van der Waals surface area (Å²) in [6.07, 6.45) is 1.45. The van der Waals surface area contributed by atoms with Gasteiger partial charge in [0.25, 0.3) is 5.54 Å². The van der Waals surface area contributed by atoms with E-state index in [-0.39, 0.29) is 13.2 Å². The molecule has 3 N–H and O–H groups in total. The highest BCUT2D eigenvalue weighted by Crippen LogP contribution is 2.16. The first kappa shape index (κ1) is 20.3. The maximum absolute atomic E-state index is 12.4. The summed E-state index contributed by atoms with van der Waals surface area (Å²) in [6.45, 7) is -0.299. The lowest BCUT2D eigenvalue weighted by atomic mass is 10.0. The third-order valence-corrected chi connectivity index (χ3v) is 4.01. The van der Waals surface area contributed by atoms with E-state index in [1.165, 1.54) is 0 Å². The van der Waals surface area contributed by atoms with E-state index in [2.05, 4.69) is 10.2 Å². The van der Waals surface area contributed by atoms with E-state index in [1.54, 1.807) is 24.3 Å². The number of benzene rings is 2. The molecule has 0 aliphatic carbocycles. The third-order valence-electron chi connectivity index (χ3n) is 4.01. The Hall–Kier alpha value is -3.06. The molecule has 7 heteroatoms. The Morgan fingerprint density at radius 2 is 1.59 bits per heavy atom. The van der Waals surface area contributed by atoms with Gasteiger partial charge in [0.15, 0.2) is 0 Å². The largest absolute Gasteiger partial charge is 0.479 e. The lowest BCUT2D eigenvalue weighted by Gasteiger charge is -2.20. The van der Waals surface area contributed by atoms with Crippen LogP contribution in [0.3, 0.4) is 0 Å². The number of carbonyl (C=O) groups excluding carboxylic acids is 1. The molecule has 0 aliphatic heterocycles. The van der Waals surface area contributed by atoms with Gasteiger partial charge < -0.3 is 15.6 Å². The molecule has 0 unspecified atom stereocenters. The molecule has 7 nitrogen and oxygen atoms in total. The van der Waals surface area contributed by atoms with E-state index in [9.17, 15) is 14.7 Å². The van der Waals surface area contributed by atoms with Gasteiger partial charge in [-0.2, -0.15) is 10.2 Å². The molecule has 0 spiro atoms. The summed E-state index contributed by atoms with van der Waals surface area (Å²) in [5.74, 6) is -2.50. The van der Waals surface area contributed by atoms with Crippen molar-refractivity contribution in [1.29, 1.82) is 0 Å². The van der Waals surface area contributed by atoms with Crippen LogP contribution in [0.2, 0.25) is 0 Å². The summed E-state index contributed by atoms with van der Waals surface area (Å²) in [4.78, 5) is 24.0. The summed E-state index contributed by atoms with van der Waals surface area (Å²) in [5, 5.41) is 17.1. The van der Waals surface area contributed by atoms with Crippen molar-refractivity contribution < 1.29 is 19.4 Å². The summed E-state index contributed by atoms with van der Waals surface area (Å²) in [6, 6.07) is 18.8. The van der Waals surface area contributed by atoms with E-state index >= 15 is 0 Å². The van der Waals surface area contributed by atoms with Gasteiger partial charge in [-0.1, -0.05) is 60.7 Å². The van der Waals surface area contributed by atoms with Gasteiger partial charge in [0, 0.05) is 6.54 Å². The smallest absolute Gasteiger partial charge is 0.349 e. The Labute approximate surface area is 157 Å². The maximum atomic E-state index is 12.4. The number of carbonyl (C=O) groups is 2. The molecular formula is C20H23N3O4. The number of esters is 1. The normalized spacial score (nSPS) is 13.2. The topological polar surface area (TPSA) is 114 Å². The molecule has 0 fully saturated rings. The molecule has 142 valence electrons. The molecule has 0 bridgehead atoms. The minimum absolute atomic E-state index is 0.0573. The Morgan fingerprint density at radius 3 is 2.15 bits per heavy atom. The van der Waals surface area contributed by atoms with E-state index < -0.39 is 24.0 Å². The Kier molecular flexibility index (Phi) is 7.63. The minimum atomic E-state index is -2.22. The fourth-order valence-electron chi connectivity index (χ4n) is 2.39. The molecule has 2 aromatic rings. The van der Waals surface area contributed by atoms with Crippen LogP contribution in [0.4, 0.5) is 0 Å². The van der Waals surface area contributed by atoms with Crippen molar-refractivity contribution in [3.8, 4) is 0 Å². The van der Waals surface area contributed by atoms with E-state index in [4.69, 9.17) is 10.5 Å². The number of aliphatic carboxylic acids is 1. The van der Waals surface area contributed by atoms with Crippen LogP contribution in [0.1, 0.15) is 17.5 Å². The maximum Gasteiger partial charge on any atom is 0.349 e. The van der Waals surface area contributed by atoms with Crippen LogP contribution in [-0.2, 0) is 27.4 Å². The van der Waals surface area contributed by atoms with Gasteiger partial charge >= 0.3 is 11.9 Å². The fourth-order valence-corrected chi connectivity index (χ4v) is 2.39. The van der Waals surface area contributed by atoms with Crippen molar-refractivity contribution in [2.45, 2.75) is 25.0 Å². The predicted octanol–water partition coefficient (Wildman–Crippen LogP) is 2.60. The van der Waals surface area contributed by atoms with Gasteiger partial charge in [-0.05, 0) is 24.0 Å². The molecule has 2 aromatic carbocycles. The third kappa shape index (κ3) is 5.72. The van der Waals surface area contributed by atoms with Crippen molar-refractivity contribution in [1.82, 2.24) is 0 Å². The average Bonchev–Trinajstić information content (AvgIpc) is 2.70. The quantitative estimate of drug-likeness (QED) is 0.289. The van der Waals surface area contributed by atoms with Crippen molar-refractivity contribution in [3.63, 3.8) is 0 Å². The standard InChI is InChI=1S/C20H23N3O4/c21-15-20(18(24)25,19(26)27-14-17-10-5-2-6-11-17)23-22-13-7-12-16-8-3-1-4-9-16/h1-6,8-11H,7,12-15,21H2,(H,24,25)/t20-/m1/s1. The molecule has 27 heavy (non-hydrogen) atoms. The van der Waals surface area contributed by atoms with Gasteiger partial charge in [-0.3, -0.25) is 0 Å². The Bertz CT molecular complexity index is 765. The second kappa shape index (κ2) is 10.2. The average molecular weight is 369 g/mol. The van der Waals surface area contributed by atoms with Crippen molar-refractivity contribution in [3.05, 3.63) is 71.8 Å². The van der Waals surface area contributed by atoms with Gasteiger partial charge in [0.2, 0.25) is 0 Å². The van der Waals surface area contributed by atoms with Crippen LogP contribution in [-0.4, -0.2) is 35.7 Å². The number of nitrogens with two attached hydrogens (primary N) is 1. The van der Waals surface area contributed by atoms with Crippen molar-refractivity contribution in [2.75, 3.05) is 13.1 Å². The van der Waals surface area contributed by atoms with Crippen LogP contribution >= 0.6 is 0 Å². The lowest BCUT2D eigenvalue weighted by molar-refractivity contribution is -0.161. The van der Waals surface area contributed by atoms with Gasteiger partial charge in [-0.15, -0.1) is 0 Å². The molecule has 2 rings (SSSR count).